The van der Waals surface area contributed by atoms with Crippen molar-refractivity contribution in [1.82, 2.24) is 0 Å². The number of carbonyl (C=O) groups is 1. The summed E-state index contributed by atoms with van der Waals surface area (Å²) >= 11 is 0. The molecular formula is C17H25NO2. The molecule has 2 rings (SSSR count). The largest absolute Gasteiger partial charge is 0.464 e. The highest BCUT2D eigenvalue weighted by Gasteiger charge is 2.27. The summed E-state index contributed by atoms with van der Waals surface area (Å²) in [5.74, 6) is 0.388. The van der Waals surface area contributed by atoms with Gasteiger partial charge in [-0.2, -0.15) is 0 Å². The van der Waals surface area contributed by atoms with Crippen LogP contribution in [0.2, 0.25) is 0 Å². The fraction of sp³-hybridized carbons (Fsp3) is 0.588. The molecule has 0 spiro atoms. The molecule has 1 aliphatic heterocycles. The second-order valence-electron chi connectivity index (χ2n) is 5.60. The van der Waals surface area contributed by atoms with E-state index >= 15 is 0 Å². The van der Waals surface area contributed by atoms with E-state index < -0.39 is 0 Å². The summed E-state index contributed by atoms with van der Waals surface area (Å²) in [6.07, 6.45) is 5.37. The van der Waals surface area contributed by atoms with Crippen molar-refractivity contribution in [3.8, 4) is 0 Å². The zero-order valence-electron chi connectivity index (χ0n) is 12.5. The third-order valence-electron chi connectivity index (χ3n) is 4.06. The number of anilines is 1. The highest BCUT2D eigenvalue weighted by atomic mass is 16.5. The molecule has 0 aliphatic carbocycles. The van der Waals surface area contributed by atoms with Crippen molar-refractivity contribution >= 4 is 11.7 Å². The molecule has 1 N–H and O–H groups in total. The number of nitrogens with one attached hydrogen (secondary N) is 1. The van der Waals surface area contributed by atoms with Crippen molar-refractivity contribution in [2.75, 3.05) is 11.9 Å². The smallest absolute Gasteiger partial charge is 0.328 e. The van der Waals surface area contributed by atoms with E-state index in [9.17, 15) is 4.79 Å². The maximum atomic E-state index is 12.1. The van der Waals surface area contributed by atoms with E-state index in [4.69, 9.17) is 4.74 Å². The molecule has 2 unspecified atom stereocenters. The van der Waals surface area contributed by atoms with E-state index in [-0.39, 0.29) is 12.0 Å². The number of benzene rings is 1. The fourth-order valence-corrected chi connectivity index (χ4v) is 2.64. The van der Waals surface area contributed by atoms with Crippen LogP contribution in [0.25, 0.3) is 0 Å². The molecule has 0 saturated carbocycles. The molecular weight excluding hydrogens is 250 g/mol. The van der Waals surface area contributed by atoms with Crippen molar-refractivity contribution in [1.29, 1.82) is 0 Å². The van der Waals surface area contributed by atoms with Crippen LogP contribution in [0.3, 0.4) is 0 Å². The Hall–Kier alpha value is -1.51. The third kappa shape index (κ3) is 3.75. The van der Waals surface area contributed by atoms with Gasteiger partial charge in [0.05, 0.1) is 6.61 Å². The topological polar surface area (TPSA) is 38.3 Å². The van der Waals surface area contributed by atoms with E-state index in [0.717, 1.165) is 24.9 Å². The Morgan fingerprint density at radius 1 is 1.40 bits per heavy atom. The summed E-state index contributed by atoms with van der Waals surface area (Å²) in [4.78, 5) is 12.1. The summed E-state index contributed by atoms with van der Waals surface area (Å²) in [5, 5.41) is 3.24. The minimum atomic E-state index is -0.212. The van der Waals surface area contributed by atoms with Gasteiger partial charge in [0, 0.05) is 12.1 Å². The Morgan fingerprint density at radius 3 is 2.90 bits per heavy atom. The predicted molar refractivity (Wildman–Crippen MR) is 81.8 cm³/mol. The molecule has 1 heterocycles. The van der Waals surface area contributed by atoms with Gasteiger partial charge < -0.3 is 10.1 Å². The van der Waals surface area contributed by atoms with E-state index in [0.29, 0.717) is 12.5 Å². The van der Waals surface area contributed by atoms with Gasteiger partial charge in [-0.1, -0.05) is 51.3 Å². The SMILES string of the molecule is CCCCC(CC)COC(=O)C1Cc2ccccc2N1. The molecule has 3 heteroatoms. The van der Waals surface area contributed by atoms with Crippen molar-refractivity contribution < 1.29 is 9.53 Å². The Bertz CT molecular complexity index is 419. The fourth-order valence-electron chi connectivity index (χ4n) is 2.64. The molecule has 3 nitrogen and oxygen atoms in total. The maximum Gasteiger partial charge on any atom is 0.328 e. The molecule has 0 amide bonds. The number of carbonyl (C=O) groups excluding carboxylic acids is 1. The first-order chi connectivity index (χ1) is 9.74. The highest BCUT2D eigenvalue weighted by molar-refractivity contribution is 5.82. The van der Waals surface area contributed by atoms with Gasteiger partial charge in [-0.25, -0.2) is 4.79 Å². The number of rotatable bonds is 7. The molecule has 1 aromatic rings. The number of para-hydroxylation sites is 1. The van der Waals surface area contributed by atoms with Gasteiger partial charge in [-0.3, -0.25) is 0 Å². The van der Waals surface area contributed by atoms with Gasteiger partial charge in [-0.15, -0.1) is 0 Å². The zero-order chi connectivity index (χ0) is 14.4. The molecule has 2 atom stereocenters. The Kier molecular flexibility index (Phi) is 5.45. The lowest BCUT2D eigenvalue weighted by molar-refractivity contribution is -0.145. The number of fused-ring (bicyclic) bond motifs is 1. The van der Waals surface area contributed by atoms with Gasteiger partial charge in [0.1, 0.15) is 6.04 Å². The Balaban J connectivity index is 1.79. The van der Waals surface area contributed by atoms with Crippen LogP contribution in [0.5, 0.6) is 0 Å². The van der Waals surface area contributed by atoms with Gasteiger partial charge in [0.25, 0.3) is 0 Å². The molecule has 1 aliphatic rings. The second kappa shape index (κ2) is 7.32. The van der Waals surface area contributed by atoms with Crippen molar-refractivity contribution in [2.45, 2.75) is 52.0 Å². The average molecular weight is 275 g/mol. The van der Waals surface area contributed by atoms with Crippen molar-refractivity contribution in [3.05, 3.63) is 29.8 Å². The monoisotopic (exact) mass is 275 g/mol. The lowest BCUT2D eigenvalue weighted by Crippen LogP contribution is -2.30. The van der Waals surface area contributed by atoms with Crippen molar-refractivity contribution in [2.24, 2.45) is 5.92 Å². The highest BCUT2D eigenvalue weighted by Crippen LogP contribution is 2.25. The van der Waals surface area contributed by atoms with E-state index in [2.05, 4.69) is 25.2 Å². The van der Waals surface area contributed by atoms with Crippen LogP contribution in [0, 0.1) is 5.92 Å². The molecule has 0 fully saturated rings. The first kappa shape index (κ1) is 14.9. The average Bonchev–Trinajstić information content (AvgIpc) is 2.91. The number of hydrogen-bond acceptors (Lipinski definition) is 3. The maximum absolute atomic E-state index is 12.1. The minimum absolute atomic E-state index is 0.115. The van der Waals surface area contributed by atoms with Gasteiger partial charge >= 0.3 is 5.97 Å². The summed E-state index contributed by atoms with van der Waals surface area (Å²) in [7, 11) is 0. The summed E-state index contributed by atoms with van der Waals surface area (Å²) in [5.41, 5.74) is 2.26. The van der Waals surface area contributed by atoms with Crippen LogP contribution < -0.4 is 5.32 Å². The van der Waals surface area contributed by atoms with Crippen LogP contribution in [0.4, 0.5) is 5.69 Å². The van der Waals surface area contributed by atoms with E-state index in [1.807, 2.05) is 18.2 Å². The Morgan fingerprint density at radius 2 is 2.20 bits per heavy atom. The molecule has 0 bridgehead atoms. The van der Waals surface area contributed by atoms with Crippen LogP contribution in [0.1, 0.15) is 45.1 Å². The normalized spacial score (nSPS) is 18.2. The van der Waals surface area contributed by atoms with E-state index in [1.165, 1.54) is 18.4 Å². The predicted octanol–water partition coefficient (Wildman–Crippen LogP) is 3.78. The lowest BCUT2D eigenvalue weighted by Gasteiger charge is -2.17. The molecule has 20 heavy (non-hydrogen) atoms. The van der Waals surface area contributed by atoms with Crippen molar-refractivity contribution in [3.63, 3.8) is 0 Å². The first-order valence-electron chi connectivity index (χ1n) is 7.75. The van der Waals surface area contributed by atoms with Gasteiger partial charge in [-0.05, 0) is 24.0 Å². The summed E-state index contributed by atoms with van der Waals surface area (Å²) < 4.78 is 5.51. The molecule has 0 aromatic heterocycles. The number of esters is 1. The quantitative estimate of drug-likeness (QED) is 0.770. The van der Waals surface area contributed by atoms with Crippen LogP contribution in [-0.4, -0.2) is 18.6 Å². The summed E-state index contributed by atoms with van der Waals surface area (Å²) in [6, 6.07) is 7.85. The minimum Gasteiger partial charge on any atom is -0.464 e. The molecule has 1 aromatic carbocycles. The van der Waals surface area contributed by atoms with Crippen LogP contribution in [0.15, 0.2) is 24.3 Å². The summed E-state index contributed by atoms with van der Waals surface area (Å²) in [6.45, 7) is 4.92. The molecule has 0 saturated heterocycles. The van der Waals surface area contributed by atoms with Crippen LogP contribution >= 0.6 is 0 Å². The van der Waals surface area contributed by atoms with E-state index in [1.54, 1.807) is 0 Å². The van der Waals surface area contributed by atoms with Gasteiger partial charge in [0.2, 0.25) is 0 Å². The lowest BCUT2D eigenvalue weighted by atomic mass is 10.0. The third-order valence-corrected chi connectivity index (χ3v) is 4.06. The second-order valence-corrected chi connectivity index (χ2v) is 5.60. The number of unbranched alkanes of at least 4 members (excludes halogenated alkanes) is 1. The molecule has 110 valence electrons. The standard InChI is InChI=1S/C17H25NO2/c1-3-5-8-13(4-2)12-20-17(19)16-11-14-9-6-7-10-15(14)18-16/h6-7,9-10,13,16,18H,3-5,8,11-12H2,1-2H3. The zero-order valence-corrected chi connectivity index (χ0v) is 12.5. The van der Waals surface area contributed by atoms with Gasteiger partial charge in [0.15, 0.2) is 0 Å². The number of hydrogen-bond donors (Lipinski definition) is 1. The molecule has 0 radical (unpaired) electrons. The van der Waals surface area contributed by atoms with Crippen LogP contribution in [-0.2, 0) is 16.0 Å². The first-order valence-corrected chi connectivity index (χ1v) is 7.75. The number of ether oxygens (including phenoxy) is 1. The Labute approximate surface area is 121 Å².